The third-order valence-electron chi connectivity index (χ3n) is 4.08. The van der Waals surface area contributed by atoms with Crippen molar-refractivity contribution in [3.8, 4) is 0 Å². The number of nitrogens with zero attached hydrogens (tertiary/aromatic N) is 4. The number of aryl methyl sites for hydroxylation is 1. The van der Waals surface area contributed by atoms with Gasteiger partial charge in [0.25, 0.3) is 0 Å². The van der Waals surface area contributed by atoms with Crippen LogP contribution >= 0.6 is 15.9 Å². The third-order valence-corrected chi connectivity index (χ3v) is 4.53. The largest absolute Gasteiger partial charge is 0.378 e. The fourth-order valence-electron chi connectivity index (χ4n) is 2.54. The fourth-order valence-corrected chi connectivity index (χ4v) is 3.13. The molecule has 0 atom stereocenters. The lowest BCUT2D eigenvalue weighted by atomic mass is 10.0. The molecule has 1 aromatic heterocycles. The topological polar surface area (TPSA) is 62.6 Å². The van der Waals surface area contributed by atoms with E-state index in [1.54, 1.807) is 6.21 Å². The van der Waals surface area contributed by atoms with Crippen LogP contribution in [0.1, 0.15) is 16.7 Å². The number of ether oxygens (including phenoxy) is 1. The Morgan fingerprint density at radius 1 is 1.32 bits per heavy atom. The van der Waals surface area contributed by atoms with Crippen molar-refractivity contribution in [3.63, 3.8) is 0 Å². The summed E-state index contributed by atoms with van der Waals surface area (Å²) >= 11 is 3.48. The first-order valence-corrected chi connectivity index (χ1v) is 8.75. The molecule has 3 rings (SSSR count). The van der Waals surface area contributed by atoms with E-state index in [0.717, 1.165) is 21.8 Å². The van der Waals surface area contributed by atoms with E-state index in [0.29, 0.717) is 26.3 Å². The SMILES string of the molecule is Cc1cc(Br)cc(/C=N\Nc2ncc(F)c(N3CCOCC3)n2)c1C. The molecule has 1 saturated heterocycles. The lowest BCUT2D eigenvalue weighted by Gasteiger charge is -2.27. The predicted octanol–water partition coefficient (Wildman–Crippen LogP) is 3.28. The standard InChI is InChI=1S/C17H19BrFN5O/c1-11-7-14(18)8-13(12(11)2)9-21-23-17-20-10-15(19)16(22-17)24-3-5-25-6-4-24/h7-10H,3-6H2,1-2H3,(H,20,22,23)/b21-9-. The maximum absolute atomic E-state index is 14.0. The summed E-state index contributed by atoms with van der Waals surface area (Å²) in [6.07, 6.45) is 2.86. The van der Waals surface area contributed by atoms with Crippen LogP contribution in [0.15, 0.2) is 27.9 Å². The summed E-state index contributed by atoms with van der Waals surface area (Å²) in [5.41, 5.74) is 6.07. The number of hydrogen-bond acceptors (Lipinski definition) is 6. The van der Waals surface area contributed by atoms with Crippen molar-refractivity contribution in [1.82, 2.24) is 9.97 Å². The molecule has 2 heterocycles. The highest BCUT2D eigenvalue weighted by Gasteiger charge is 2.17. The predicted molar refractivity (Wildman–Crippen MR) is 99.9 cm³/mol. The summed E-state index contributed by atoms with van der Waals surface area (Å²) in [4.78, 5) is 10.0. The van der Waals surface area contributed by atoms with E-state index < -0.39 is 5.82 Å². The second kappa shape index (κ2) is 7.88. The zero-order chi connectivity index (χ0) is 17.8. The Hall–Kier alpha value is -2.06. The molecule has 0 bridgehead atoms. The Morgan fingerprint density at radius 2 is 2.08 bits per heavy atom. The summed E-state index contributed by atoms with van der Waals surface area (Å²) in [7, 11) is 0. The molecule has 8 heteroatoms. The summed E-state index contributed by atoms with van der Waals surface area (Å²) in [6.45, 7) is 6.41. The average molecular weight is 408 g/mol. The molecule has 0 amide bonds. The van der Waals surface area contributed by atoms with E-state index in [1.165, 1.54) is 5.56 Å². The average Bonchev–Trinajstić information content (AvgIpc) is 2.61. The minimum atomic E-state index is -0.449. The van der Waals surface area contributed by atoms with Gasteiger partial charge < -0.3 is 9.64 Å². The highest BCUT2D eigenvalue weighted by Crippen LogP contribution is 2.20. The van der Waals surface area contributed by atoms with Crippen molar-refractivity contribution in [1.29, 1.82) is 0 Å². The molecule has 6 nitrogen and oxygen atoms in total. The maximum atomic E-state index is 14.0. The van der Waals surface area contributed by atoms with E-state index in [-0.39, 0.29) is 11.8 Å². The summed E-state index contributed by atoms with van der Waals surface area (Å²) in [6, 6.07) is 4.04. The number of benzene rings is 1. The first-order valence-electron chi connectivity index (χ1n) is 7.95. The molecule has 1 aromatic carbocycles. The van der Waals surface area contributed by atoms with Gasteiger partial charge in [-0.25, -0.2) is 14.8 Å². The minimum absolute atomic E-state index is 0.253. The molecule has 1 aliphatic heterocycles. The summed E-state index contributed by atoms with van der Waals surface area (Å²) in [5, 5.41) is 4.18. The summed E-state index contributed by atoms with van der Waals surface area (Å²) in [5.74, 6) is 0.0730. The van der Waals surface area contributed by atoms with Gasteiger partial charge in [-0.05, 0) is 42.7 Å². The number of anilines is 2. The van der Waals surface area contributed by atoms with Crippen LogP contribution in [0.3, 0.4) is 0 Å². The number of hydrogen-bond donors (Lipinski definition) is 1. The van der Waals surface area contributed by atoms with E-state index in [9.17, 15) is 4.39 Å². The van der Waals surface area contributed by atoms with Crippen LogP contribution in [0.25, 0.3) is 0 Å². The third kappa shape index (κ3) is 4.32. The van der Waals surface area contributed by atoms with Crippen molar-refractivity contribution in [2.45, 2.75) is 13.8 Å². The smallest absolute Gasteiger partial charge is 0.245 e. The van der Waals surface area contributed by atoms with Crippen LogP contribution in [0.4, 0.5) is 16.2 Å². The van der Waals surface area contributed by atoms with Crippen LogP contribution in [0, 0.1) is 19.7 Å². The van der Waals surface area contributed by atoms with Crippen LogP contribution in [0.5, 0.6) is 0 Å². The van der Waals surface area contributed by atoms with Gasteiger partial charge in [0.1, 0.15) is 0 Å². The molecule has 1 N–H and O–H groups in total. The molecule has 1 fully saturated rings. The lowest BCUT2D eigenvalue weighted by Crippen LogP contribution is -2.37. The number of hydrazone groups is 1. The second-order valence-electron chi connectivity index (χ2n) is 5.77. The highest BCUT2D eigenvalue weighted by molar-refractivity contribution is 9.10. The molecule has 1 aliphatic rings. The normalized spacial score (nSPS) is 15.0. The Bertz CT molecular complexity index is 793. The van der Waals surface area contributed by atoms with Crippen LogP contribution in [-0.4, -0.2) is 42.5 Å². The van der Waals surface area contributed by atoms with Gasteiger partial charge in [0.05, 0.1) is 25.6 Å². The van der Waals surface area contributed by atoms with Crippen molar-refractivity contribution >= 4 is 33.9 Å². The van der Waals surface area contributed by atoms with Crippen molar-refractivity contribution < 1.29 is 9.13 Å². The zero-order valence-electron chi connectivity index (χ0n) is 14.1. The molecule has 0 aliphatic carbocycles. The van der Waals surface area contributed by atoms with Crippen LogP contribution in [-0.2, 0) is 4.74 Å². The first kappa shape index (κ1) is 17.8. The molecule has 25 heavy (non-hydrogen) atoms. The van der Waals surface area contributed by atoms with E-state index in [2.05, 4.69) is 42.5 Å². The zero-order valence-corrected chi connectivity index (χ0v) is 15.7. The van der Waals surface area contributed by atoms with Crippen LogP contribution in [0.2, 0.25) is 0 Å². The summed E-state index contributed by atoms with van der Waals surface area (Å²) < 4.78 is 20.3. The molecular formula is C17H19BrFN5O. The van der Waals surface area contributed by atoms with Gasteiger partial charge in [-0.1, -0.05) is 15.9 Å². The molecule has 132 valence electrons. The molecule has 2 aromatic rings. The highest BCUT2D eigenvalue weighted by atomic mass is 79.9. The van der Waals surface area contributed by atoms with Gasteiger partial charge in [-0.2, -0.15) is 10.1 Å². The number of nitrogens with one attached hydrogen (secondary N) is 1. The van der Waals surface area contributed by atoms with Gasteiger partial charge >= 0.3 is 0 Å². The number of rotatable bonds is 4. The Morgan fingerprint density at radius 3 is 2.84 bits per heavy atom. The lowest BCUT2D eigenvalue weighted by molar-refractivity contribution is 0.122. The van der Waals surface area contributed by atoms with Gasteiger partial charge in [0, 0.05) is 17.6 Å². The quantitative estimate of drug-likeness (QED) is 0.622. The van der Waals surface area contributed by atoms with Crippen molar-refractivity contribution in [2.24, 2.45) is 5.10 Å². The molecular weight excluding hydrogens is 389 g/mol. The van der Waals surface area contributed by atoms with Crippen molar-refractivity contribution in [3.05, 3.63) is 45.3 Å². The van der Waals surface area contributed by atoms with Gasteiger partial charge in [-0.3, -0.25) is 0 Å². The van der Waals surface area contributed by atoms with Crippen LogP contribution < -0.4 is 10.3 Å². The van der Waals surface area contributed by atoms with E-state index in [1.807, 2.05) is 24.8 Å². The number of morpholine rings is 1. The van der Waals surface area contributed by atoms with Crippen molar-refractivity contribution in [2.75, 3.05) is 36.6 Å². The van der Waals surface area contributed by atoms with Gasteiger partial charge in [0.15, 0.2) is 11.6 Å². The Kier molecular flexibility index (Phi) is 5.60. The number of halogens is 2. The molecule has 0 spiro atoms. The van der Waals surface area contributed by atoms with Gasteiger partial charge in [0.2, 0.25) is 5.95 Å². The van der Waals surface area contributed by atoms with E-state index >= 15 is 0 Å². The minimum Gasteiger partial charge on any atom is -0.378 e. The fraction of sp³-hybridized carbons (Fsp3) is 0.353. The molecule has 0 radical (unpaired) electrons. The maximum Gasteiger partial charge on any atom is 0.245 e. The van der Waals surface area contributed by atoms with E-state index in [4.69, 9.17) is 4.74 Å². The molecule has 0 unspecified atom stereocenters. The monoisotopic (exact) mass is 407 g/mol. The molecule has 0 saturated carbocycles. The van der Waals surface area contributed by atoms with Gasteiger partial charge in [-0.15, -0.1) is 0 Å². The number of aromatic nitrogens is 2. The Balaban J connectivity index is 1.75. The first-order chi connectivity index (χ1) is 12.0. The second-order valence-corrected chi connectivity index (χ2v) is 6.69. The Labute approximate surface area is 154 Å².